The normalized spacial score (nSPS) is 24.0. The van der Waals surface area contributed by atoms with E-state index in [0.717, 1.165) is 23.8 Å². The molecule has 6 nitrogen and oxygen atoms in total. The monoisotopic (exact) mass is 454 g/mol. The number of methoxy groups -OCH3 is 1. The van der Waals surface area contributed by atoms with Crippen LogP contribution in [0, 0.1) is 10.8 Å². The highest BCUT2D eigenvalue weighted by molar-refractivity contribution is 6.00. The van der Waals surface area contributed by atoms with E-state index in [9.17, 15) is 13.6 Å². The largest absolute Gasteiger partial charge is 0.497 e. The van der Waals surface area contributed by atoms with Crippen LogP contribution in [0.4, 0.5) is 8.78 Å². The van der Waals surface area contributed by atoms with Gasteiger partial charge in [-0.2, -0.15) is 5.10 Å². The van der Waals surface area contributed by atoms with E-state index in [-0.39, 0.29) is 39.7 Å². The second-order valence-electron chi connectivity index (χ2n) is 10.5. The number of alkyl halides is 2. The number of hydrogen-bond donors (Lipinski definition) is 0. The molecule has 1 saturated carbocycles. The summed E-state index contributed by atoms with van der Waals surface area (Å²) in [6, 6.07) is 8.49. The van der Waals surface area contributed by atoms with Crippen LogP contribution in [-0.2, 0) is 0 Å². The molecule has 1 aliphatic heterocycles. The number of ether oxygens (including phenoxy) is 1. The molecule has 2 atom stereocenters. The summed E-state index contributed by atoms with van der Waals surface area (Å²) in [7, 11) is 1.56. The summed E-state index contributed by atoms with van der Waals surface area (Å²) in [4.78, 5) is 20.2. The van der Waals surface area contributed by atoms with Gasteiger partial charge in [-0.15, -0.1) is 0 Å². The molecular weight excluding hydrogens is 426 g/mol. The first-order valence-corrected chi connectivity index (χ1v) is 11.2. The Morgan fingerprint density at radius 1 is 1.18 bits per heavy atom. The summed E-state index contributed by atoms with van der Waals surface area (Å²) >= 11 is 0. The molecule has 33 heavy (non-hydrogen) atoms. The number of aromatic nitrogens is 3. The van der Waals surface area contributed by atoms with Crippen molar-refractivity contribution in [3.8, 4) is 17.0 Å². The maximum absolute atomic E-state index is 13.9. The van der Waals surface area contributed by atoms with Gasteiger partial charge in [0.05, 0.1) is 19.0 Å². The summed E-state index contributed by atoms with van der Waals surface area (Å²) in [5, 5.41) is 4.13. The molecule has 2 aromatic heterocycles. The van der Waals surface area contributed by atoms with Crippen LogP contribution >= 0.6 is 0 Å². The van der Waals surface area contributed by atoms with Crippen LogP contribution in [0.1, 0.15) is 62.5 Å². The van der Waals surface area contributed by atoms with Crippen LogP contribution in [0.5, 0.6) is 5.75 Å². The zero-order valence-corrected chi connectivity index (χ0v) is 19.3. The van der Waals surface area contributed by atoms with Crippen molar-refractivity contribution in [2.45, 2.75) is 52.5 Å². The Labute approximate surface area is 191 Å². The third kappa shape index (κ3) is 3.75. The lowest BCUT2D eigenvalue weighted by atomic mass is 9.65. The molecule has 0 spiro atoms. The molecule has 2 fully saturated rings. The van der Waals surface area contributed by atoms with Gasteiger partial charge in [0.25, 0.3) is 12.3 Å². The summed E-state index contributed by atoms with van der Waals surface area (Å²) in [6.45, 7) is 7.40. The highest BCUT2D eigenvalue weighted by Gasteiger charge is 2.51. The number of hydrogen-bond acceptors (Lipinski definition) is 4. The van der Waals surface area contributed by atoms with Gasteiger partial charge in [-0.3, -0.25) is 4.79 Å². The minimum absolute atomic E-state index is 0.0703. The molecule has 3 heterocycles. The van der Waals surface area contributed by atoms with Crippen molar-refractivity contribution in [3.63, 3.8) is 0 Å². The molecule has 1 amide bonds. The molecule has 1 aromatic carbocycles. The van der Waals surface area contributed by atoms with Gasteiger partial charge in [0.2, 0.25) is 0 Å². The molecule has 2 bridgehead atoms. The number of nitrogens with zero attached hydrogens (tertiary/aromatic N) is 4. The molecule has 0 unspecified atom stereocenters. The number of carbonyl (C=O) groups excluding carboxylic acids is 1. The van der Waals surface area contributed by atoms with Crippen molar-refractivity contribution in [2.75, 3.05) is 13.7 Å². The molecule has 5 rings (SSSR count). The zero-order chi connectivity index (χ0) is 23.5. The van der Waals surface area contributed by atoms with E-state index in [1.54, 1.807) is 31.4 Å². The van der Waals surface area contributed by atoms with Gasteiger partial charge in [-0.05, 0) is 60.4 Å². The predicted molar refractivity (Wildman–Crippen MR) is 120 cm³/mol. The second-order valence-corrected chi connectivity index (χ2v) is 10.5. The number of rotatable bonds is 4. The Bertz CT molecular complexity index is 1220. The summed E-state index contributed by atoms with van der Waals surface area (Å²) < 4.78 is 34.1. The van der Waals surface area contributed by atoms with Crippen LogP contribution in [0.25, 0.3) is 16.9 Å². The molecule has 2 aliphatic rings. The molecule has 174 valence electrons. The Balaban J connectivity index is 1.58. The van der Waals surface area contributed by atoms with Crippen LogP contribution in [-0.4, -0.2) is 45.1 Å². The lowest BCUT2D eigenvalue weighted by Crippen LogP contribution is -2.37. The zero-order valence-electron chi connectivity index (χ0n) is 19.3. The Hall–Kier alpha value is -3.03. The average Bonchev–Trinajstić information content (AvgIpc) is 3.29. The molecule has 8 heteroatoms. The summed E-state index contributed by atoms with van der Waals surface area (Å²) in [6.07, 6.45) is 1.57. The Kier molecular flexibility index (Phi) is 4.95. The smallest absolute Gasteiger partial charge is 0.280 e. The van der Waals surface area contributed by atoms with Crippen molar-refractivity contribution in [3.05, 3.63) is 47.8 Å². The minimum Gasteiger partial charge on any atom is -0.497 e. The Morgan fingerprint density at radius 2 is 1.91 bits per heavy atom. The van der Waals surface area contributed by atoms with E-state index in [4.69, 9.17) is 4.74 Å². The second kappa shape index (κ2) is 7.50. The first-order valence-electron chi connectivity index (χ1n) is 11.2. The van der Waals surface area contributed by atoms with E-state index in [1.165, 1.54) is 12.3 Å². The first-order chi connectivity index (χ1) is 15.6. The molecule has 3 aromatic rings. The van der Waals surface area contributed by atoms with Gasteiger partial charge >= 0.3 is 0 Å². The topological polar surface area (TPSA) is 59.7 Å². The van der Waals surface area contributed by atoms with Crippen molar-refractivity contribution in [1.82, 2.24) is 19.5 Å². The van der Waals surface area contributed by atoms with Crippen molar-refractivity contribution in [1.29, 1.82) is 0 Å². The van der Waals surface area contributed by atoms with Gasteiger partial charge in [-0.25, -0.2) is 18.3 Å². The van der Waals surface area contributed by atoms with E-state index >= 15 is 0 Å². The number of amides is 1. The van der Waals surface area contributed by atoms with Crippen LogP contribution in [0.3, 0.4) is 0 Å². The highest BCUT2D eigenvalue weighted by Crippen LogP contribution is 2.52. The predicted octanol–water partition coefficient (Wildman–Crippen LogP) is 5.38. The van der Waals surface area contributed by atoms with E-state index in [1.807, 2.05) is 4.90 Å². The van der Waals surface area contributed by atoms with Gasteiger partial charge in [0.15, 0.2) is 5.65 Å². The molecule has 0 radical (unpaired) electrons. The highest BCUT2D eigenvalue weighted by atomic mass is 19.3. The number of benzene rings is 1. The van der Waals surface area contributed by atoms with Gasteiger partial charge < -0.3 is 9.64 Å². The fourth-order valence-corrected chi connectivity index (χ4v) is 6.05. The maximum atomic E-state index is 13.9. The third-order valence-electron chi connectivity index (χ3n) is 7.01. The Morgan fingerprint density at radius 3 is 2.58 bits per heavy atom. The van der Waals surface area contributed by atoms with Gasteiger partial charge in [0, 0.05) is 18.2 Å². The summed E-state index contributed by atoms with van der Waals surface area (Å²) in [5.74, 6) is 0.474. The number of fused-ring (bicyclic) bond motifs is 3. The quantitative estimate of drug-likeness (QED) is 0.531. The average molecular weight is 455 g/mol. The fourth-order valence-electron chi connectivity index (χ4n) is 6.05. The van der Waals surface area contributed by atoms with Crippen LogP contribution in [0.2, 0.25) is 0 Å². The first kappa shape index (κ1) is 21.8. The van der Waals surface area contributed by atoms with Crippen molar-refractivity contribution < 1.29 is 18.3 Å². The van der Waals surface area contributed by atoms with Crippen molar-refractivity contribution >= 4 is 11.6 Å². The number of likely N-dealkylation sites (tertiary alicyclic amines) is 1. The van der Waals surface area contributed by atoms with E-state index in [0.29, 0.717) is 23.6 Å². The summed E-state index contributed by atoms with van der Waals surface area (Å²) in [5.41, 5.74) is 1.39. The molecule has 1 aliphatic carbocycles. The SMILES string of the molecule is COc1ccc(-c2cc(C(F)F)n3ncc(C(=O)N4C[C@]5(C)C[C@H]4CC(C)(C)C5)c3n2)cc1. The van der Waals surface area contributed by atoms with E-state index < -0.39 is 6.43 Å². The minimum atomic E-state index is -2.76. The van der Waals surface area contributed by atoms with Crippen LogP contribution in [0.15, 0.2) is 36.5 Å². The lowest BCUT2D eigenvalue weighted by Gasteiger charge is -2.39. The van der Waals surface area contributed by atoms with Crippen molar-refractivity contribution in [2.24, 2.45) is 10.8 Å². The van der Waals surface area contributed by atoms with Gasteiger partial charge in [-0.1, -0.05) is 20.8 Å². The standard InChI is InChI=1S/C25H28F2N4O2/c1-24(2)10-16-11-25(3,13-24)14-30(16)23(32)18-12-28-31-20(21(26)27)9-19(29-22(18)31)15-5-7-17(33-4)8-6-15/h5-9,12,16,21H,10-11,13-14H2,1-4H3/t16-,25-/m1/s1. The third-order valence-corrected chi connectivity index (χ3v) is 7.01. The maximum Gasteiger partial charge on any atom is 0.280 e. The molecule has 1 saturated heterocycles. The van der Waals surface area contributed by atoms with E-state index in [2.05, 4.69) is 30.9 Å². The number of carbonyl (C=O) groups is 1. The number of halogens is 2. The van der Waals surface area contributed by atoms with Gasteiger partial charge in [0.1, 0.15) is 17.0 Å². The molecule has 0 N–H and O–H groups in total. The fraction of sp³-hybridized carbons (Fsp3) is 0.480. The van der Waals surface area contributed by atoms with Crippen LogP contribution < -0.4 is 4.74 Å². The lowest BCUT2D eigenvalue weighted by molar-refractivity contribution is 0.0709. The molecular formula is C25H28F2N4O2.